The second-order valence-electron chi connectivity index (χ2n) is 7.32. The molecule has 0 bridgehead atoms. The molecular weight excluding hydrogens is 420 g/mol. The molecule has 2 aliphatic heterocycles. The van der Waals surface area contributed by atoms with Crippen LogP contribution in [0, 0.1) is 12.8 Å². The number of hydrogen-bond acceptors (Lipinski definition) is 6. The molecule has 0 radical (unpaired) electrons. The number of carbonyl (C=O) groups is 2. The maximum absolute atomic E-state index is 13.6. The van der Waals surface area contributed by atoms with Crippen molar-refractivity contribution in [1.29, 1.82) is 0 Å². The molecule has 3 aromatic rings. The molecule has 30 heavy (non-hydrogen) atoms. The topological polar surface area (TPSA) is 79.5 Å². The normalized spacial score (nSPS) is 22.7. The van der Waals surface area contributed by atoms with E-state index in [2.05, 4.69) is 4.98 Å². The zero-order valence-corrected chi connectivity index (χ0v) is 17.9. The van der Waals surface area contributed by atoms with Crippen LogP contribution in [0.4, 0.5) is 5.69 Å². The Hall–Kier alpha value is -2.84. The summed E-state index contributed by atoms with van der Waals surface area (Å²) in [6.45, 7) is 1.99. The average molecular weight is 439 g/mol. The largest absolute Gasteiger partial charge is 0.497 e. The molecule has 1 fully saturated rings. The first-order valence-corrected chi connectivity index (χ1v) is 11.2. The molecule has 5 rings (SSSR count). The molecule has 2 aromatic carbocycles. The number of H-pyrrole nitrogens is 1. The van der Waals surface area contributed by atoms with Gasteiger partial charge in [0.15, 0.2) is 0 Å². The number of aromatic nitrogens is 1. The van der Waals surface area contributed by atoms with Gasteiger partial charge in [-0.25, -0.2) is 4.90 Å². The lowest BCUT2D eigenvalue weighted by atomic mass is 9.81. The van der Waals surface area contributed by atoms with Gasteiger partial charge < -0.3 is 9.72 Å². The van der Waals surface area contributed by atoms with Crippen LogP contribution in [-0.4, -0.2) is 29.2 Å². The monoisotopic (exact) mass is 438 g/mol. The van der Waals surface area contributed by atoms with Crippen LogP contribution >= 0.6 is 23.1 Å². The van der Waals surface area contributed by atoms with Crippen molar-refractivity contribution in [1.82, 2.24) is 4.98 Å². The van der Waals surface area contributed by atoms with Crippen LogP contribution in [0.15, 0.2) is 58.4 Å². The van der Waals surface area contributed by atoms with Crippen molar-refractivity contribution in [2.75, 3.05) is 12.0 Å². The fourth-order valence-electron chi connectivity index (χ4n) is 4.27. The lowest BCUT2D eigenvalue weighted by Gasteiger charge is -2.30. The zero-order chi connectivity index (χ0) is 21.0. The van der Waals surface area contributed by atoms with Gasteiger partial charge in [0, 0.05) is 10.8 Å². The molecule has 0 aliphatic carbocycles. The number of aryl methyl sites for hydroxylation is 1. The van der Waals surface area contributed by atoms with E-state index in [4.69, 9.17) is 4.74 Å². The molecule has 0 spiro atoms. The SMILES string of the molecule is COc1ccc(N2C(=O)C3Sc4[nH]c(=O)sc4C(c4ccccc4C)C3C2=O)cc1. The number of amides is 2. The maximum Gasteiger partial charge on any atom is 0.305 e. The van der Waals surface area contributed by atoms with Crippen molar-refractivity contribution in [3.8, 4) is 5.75 Å². The van der Waals surface area contributed by atoms with E-state index in [9.17, 15) is 14.4 Å². The minimum atomic E-state index is -0.582. The number of aromatic amines is 1. The predicted molar refractivity (Wildman–Crippen MR) is 117 cm³/mol. The standard InChI is InChI=1S/C22H18N2O4S2/c1-11-5-3-4-6-14(11)15-16-18(29-19-17(15)30-22(27)23-19)21(26)24(20(16)25)12-7-9-13(28-2)10-8-12/h3-10,15-16,18H,1-2H3,(H,23,27). The minimum absolute atomic E-state index is 0.169. The van der Waals surface area contributed by atoms with E-state index in [1.165, 1.54) is 16.7 Å². The summed E-state index contributed by atoms with van der Waals surface area (Å²) in [5.74, 6) is -0.734. The van der Waals surface area contributed by atoms with Gasteiger partial charge in [-0.05, 0) is 42.3 Å². The smallest absolute Gasteiger partial charge is 0.305 e. The fraction of sp³-hybridized carbons (Fsp3) is 0.227. The molecule has 3 atom stereocenters. The van der Waals surface area contributed by atoms with Crippen LogP contribution in [-0.2, 0) is 9.59 Å². The molecule has 6 nitrogen and oxygen atoms in total. The van der Waals surface area contributed by atoms with E-state index in [0.29, 0.717) is 16.5 Å². The quantitative estimate of drug-likeness (QED) is 0.633. The van der Waals surface area contributed by atoms with Crippen LogP contribution in [0.3, 0.4) is 0 Å². The van der Waals surface area contributed by atoms with Crippen LogP contribution in [0.1, 0.15) is 21.9 Å². The number of fused-ring (bicyclic) bond motifs is 2. The lowest BCUT2D eigenvalue weighted by molar-refractivity contribution is -0.122. The number of benzene rings is 2. The second-order valence-corrected chi connectivity index (χ2v) is 9.48. The van der Waals surface area contributed by atoms with Gasteiger partial charge in [0.25, 0.3) is 0 Å². The molecule has 2 aliphatic rings. The highest BCUT2D eigenvalue weighted by Crippen LogP contribution is 2.53. The summed E-state index contributed by atoms with van der Waals surface area (Å²) in [5, 5.41) is 0.110. The van der Waals surface area contributed by atoms with Crippen molar-refractivity contribution in [3.63, 3.8) is 0 Å². The highest BCUT2D eigenvalue weighted by atomic mass is 32.2. The predicted octanol–water partition coefficient (Wildman–Crippen LogP) is 3.55. The molecule has 8 heteroatoms. The summed E-state index contributed by atoms with van der Waals surface area (Å²) in [6, 6.07) is 14.7. The van der Waals surface area contributed by atoms with Crippen LogP contribution in [0.5, 0.6) is 5.75 Å². The molecular formula is C22H18N2O4S2. The van der Waals surface area contributed by atoms with Gasteiger partial charge in [-0.2, -0.15) is 0 Å². The van der Waals surface area contributed by atoms with E-state index in [1.807, 2.05) is 31.2 Å². The van der Waals surface area contributed by atoms with Crippen LogP contribution in [0.2, 0.25) is 0 Å². The Kier molecular flexibility index (Phi) is 4.56. The van der Waals surface area contributed by atoms with Crippen LogP contribution < -0.4 is 14.5 Å². The van der Waals surface area contributed by atoms with Crippen molar-refractivity contribution >= 4 is 40.6 Å². The van der Waals surface area contributed by atoms with Gasteiger partial charge >= 0.3 is 4.87 Å². The first-order valence-electron chi connectivity index (χ1n) is 9.46. The Morgan fingerprint density at radius 2 is 1.73 bits per heavy atom. The number of ether oxygens (including phenoxy) is 1. The number of nitrogens with one attached hydrogen (secondary N) is 1. The van der Waals surface area contributed by atoms with E-state index in [1.54, 1.807) is 31.4 Å². The third-order valence-electron chi connectivity index (χ3n) is 5.68. The van der Waals surface area contributed by atoms with Crippen LogP contribution in [0.25, 0.3) is 0 Å². The van der Waals surface area contributed by atoms with Crippen molar-refractivity contribution < 1.29 is 14.3 Å². The summed E-state index contributed by atoms with van der Waals surface area (Å²) < 4.78 is 5.19. The van der Waals surface area contributed by atoms with Gasteiger partial charge in [0.05, 0.1) is 23.7 Å². The van der Waals surface area contributed by atoms with Gasteiger partial charge in [0.1, 0.15) is 11.0 Å². The number of thioether (sulfide) groups is 1. The van der Waals surface area contributed by atoms with Gasteiger partial charge in [-0.3, -0.25) is 14.4 Å². The molecule has 1 aromatic heterocycles. The summed E-state index contributed by atoms with van der Waals surface area (Å²) in [5.41, 5.74) is 2.53. The van der Waals surface area contributed by atoms with Gasteiger partial charge in [-0.1, -0.05) is 47.4 Å². The zero-order valence-electron chi connectivity index (χ0n) is 16.2. The highest BCUT2D eigenvalue weighted by Gasteiger charge is 2.56. The molecule has 1 N–H and O–H groups in total. The lowest BCUT2D eigenvalue weighted by Crippen LogP contribution is -2.32. The summed E-state index contributed by atoms with van der Waals surface area (Å²) >= 11 is 2.41. The molecule has 3 unspecified atom stereocenters. The number of imide groups is 1. The molecule has 152 valence electrons. The Bertz CT molecular complexity index is 1210. The van der Waals surface area contributed by atoms with Crippen molar-refractivity contribution in [2.45, 2.75) is 23.1 Å². The first-order chi connectivity index (χ1) is 14.5. The first kappa shape index (κ1) is 19.1. The fourth-order valence-corrected chi connectivity index (χ4v) is 6.78. The van der Waals surface area contributed by atoms with Gasteiger partial charge in [-0.15, -0.1) is 0 Å². The Labute approximate surface area is 180 Å². The Balaban J connectivity index is 1.64. The van der Waals surface area contributed by atoms with Gasteiger partial charge in [0.2, 0.25) is 11.8 Å². The van der Waals surface area contributed by atoms with Crippen molar-refractivity contribution in [2.24, 2.45) is 5.92 Å². The number of hydrogen-bond donors (Lipinski definition) is 1. The average Bonchev–Trinajstić information content (AvgIpc) is 3.24. The molecule has 0 saturated carbocycles. The van der Waals surface area contributed by atoms with E-state index < -0.39 is 11.2 Å². The molecule has 1 saturated heterocycles. The Morgan fingerprint density at radius 3 is 2.43 bits per heavy atom. The maximum atomic E-state index is 13.6. The van der Waals surface area contributed by atoms with E-state index in [0.717, 1.165) is 27.3 Å². The minimum Gasteiger partial charge on any atom is -0.497 e. The van der Waals surface area contributed by atoms with E-state index >= 15 is 0 Å². The number of carbonyl (C=O) groups excluding carboxylic acids is 2. The number of methoxy groups -OCH3 is 1. The van der Waals surface area contributed by atoms with Crippen molar-refractivity contribution in [3.05, 3.63) is 74.2 Å². The summed E-state index contributed by atoms with van der Waals surface area (Å²) in [7, 11) is 1.57. The third kappa shape index (κ3) is 2.82. The van der Waals surface area contributed by atoms with E-state index in [-0.39, 0.29) is 22.6 Å². The number of thiazole rings is 1. The number of nitrogens with zero attached hydrogens (tertiary/aromatic N) is 1. The summed E-state index contributed by atoms with van der Waals surface area (Å²) in [4.78, 5) is 43.8. The second kappa shape index (κ2) is 7.14. The Morgan fingerprint density at radius 1 is 1.00 bits per heavy atom. The summed E-state index contributed by atoms with van der Waals surface area (Å²) in [6.07, 6.45) is 0. The third-order valence-corrected chi connectivity index (χ3v) is 8.08. The number of rotatable bonds is 3. The number of anilines is 1. The molecule has 3 heterocycles. The molecule has 2 amide bonds. The highest BCUT2D eigenvalue weighted by molar-refractivity contribution is 8.00.